The van der Waals surface area contributed by atoms with Crippen molar-refractivity contribution in [2.75, 3.05) is 6.61 Å². The highest BCUT2D eigenvalue weighted by Gasteiger charge is 1.84. The highest BCUT2D eigenvalue weighted by atomic mass is 16.5. The van der Waals surface area contributed by atoms with Gasteiger partial charge in [0.05, 0.1) is 6.61 Å². The van der Waals surface area contributed by atoms with Crippen LogP contribution in [-0.4, -0.2) is 18.2 Å². The van der Waals surface area contributed by atoms with Gasteiger partial charge in [-0.05, 0) is 20.8 Å². The number of ether oxygens (including phenoxy) is 1. The molecule has 3 nitrogen and oxygen atoms in total. The molecule has 0 aromatic rings. The molecule has 0 atom stereocenters. The normalized spacial score (nSPS) is 11.0. The van der Waals surface area contributed by atoms with Crippen LogP contribution in [0.2, 0.25) is 0 Å². The van der Waals surface area contributed by atoms with Crippen LogP contribution < -0.4 is 0 Å². The number of rotatable bonds is 2. The molecule has 3 heteroatoms. The van der Waals surface area contributed by atoms with Gasteiger partial charge in [0.25, 0.3) is 0 Å². The Bertz CT molecular complexity index is 146. The zero-order chi connectivity index (χ0) is 7.98. The maximum absolute atomic E-state index is 5.04. The molecule has 0 saturated heterocycles. The molecule has 10 heavy (non-hydrogen) atoms. The third kappa shape index (κ3) is 5.28. The second-order valence-electron chi connectivity index (χ2n) is 2.10. The largest absolute Gasteiger partial charge is 0.480 e. The first-order valence-electron chi connectivity index (χ1n) is 3.35. The minimum atomic E-state index is 0.615. The standard InChI is InChI=1S/C7H14N2O/c1-5-10-7(4)9-8-6(2)3/h5H2,1-4H3. The van der Waals surface area contributed by atoms with E-state index in [1.165, 1.54) is 0 Å². The van der Waals surface area contributed by atoms with E-state index in [1.807, 2.05) is 20.8 Å². The summed E-state index contributed by atoms with van der Waals surface area (Å²) >= 11 is 0. The lowest BCUT2D eigenvalue weighted by atomic mass is 10.5. The SMILES string of the molecule is CCOC(C)=NN=C(C)C. The average Bonchev–Trinajstić information content (AvgIpc) is 1.85. The molecule has 58 valence electrons. The molecular weight excluding hydrogens is 128 g/mol. The van der Waals surface area contributed by atoms with E-state index in [-0.39, 0.29) is 0 Å². The highest BCUT2D eigenvalue weighted by Crippen LogP contribution is 1.83. The Labute approximate surface area is 61.8 Å². The summed E-state index contributed by atoms with van der Waals surface area (Å²) in [7, 11) is 0. The quantitative estimate of drug-likeness (QED) is 0.329. The molecule has 0 saturated carbocycles. The van der Waals surface area contributed by atoms with E-state index >= 15 is 0 Å². The fourth-order valence-corrected chi connectivity index (χ4v) is 0.408. The van der Waals surface area contributed by atoms with E-state index in [4.69, 9.17) is 4.74 Å². The van der Waals surface area contributed by atoms with Crippen molar-refractivity contribution in [2.24, 2.45) is 10.2 Å². The Morgan fingerprint density at radius 3 is 2.20 bits per heavy atom. The summed E-state index contributed by atoms with van der Waals surface area (Å²) in [6, 6.07) is 0. The van der Waals surface area contributed by atoms with Crippen LogP contribution in [0.25, 0.3) is 0 Å². The third-order valence-corrected chi connectivity index (χ3v) is 0.744. The van der Waals surface area contributed by atoms with Gasteiger partial charge in [-0.3, -0.25) is 0 Å². The van der Waals surface area contributed by atoms with Gasteiger partial charge in [0, 0.05) is 12.6 Å². The maximum atomic E-state index is 5.04. The van der Waals surface area contributed by atoms with Crippen molar-refractivity contribution in [1.82, 2.24) is 0 Å². The molecule has 0 aromatic heterocycles. The Morgan fingerprint density at radius 1 is 1.20 bits per heavy atom. The van der Waals surface area contributed by atoms with E-state index in [1.54, 1.807) is 6.92 Å². The van der Waals surface area contributed by atoms with Crippen LogP contribution in [0.5, 0.6) is 0 Å². The molecule has 0 aromatic carbocycles. The molecule has 0 N–H and O–H groups in total. The van der Waals surface area contributed by atoms with E-state index < -0.39 is 0 Å². The summed E-state index contributed by atoms with van der Waals surface area (Å²) in [5.41, 5.74) is 0.930. The fraction of sp³-hybridized carbons (Fsp3) is 0.714. The van der Waals surface area contributed by atoms with Crippen molar-refractivity contribution < 1.29 is 4.74 Å². The zero-order valence-electron chi connectivity index (χ0n) is 7.01. The van der Waals surface area contributed by atoms with Gasteiger partial charge < -0.3 is 4.74 Å². The molecule has 0 amide bonds. The Hall–Kier alpha value is -0.860. The molecule has 0 aliphatic rings. The summed E-state index contributed by atoms with van der Waals surface area (Å²) in [4.78, 5) is 0. The van der Waals surface area contributed by atoms with Crippen LogP contribution in [0, 0.1) is 0 Å². The monoisotopic (exact) mass is 142 g/mol. The smallest absolute Gasteiger partial charge is 0.205 e. The van der Waals surface area contributed by atoms with Crippen LogP contribution >= 0.6 is 0 Å². The first-order valence-corrected chi connectivity index (χ1v) is 3.35. The van der Waals surface area contributed by atoms with Gasteiger partial charge in [-0.15, -0.1) is 5.10 Å². The first-order chi connectivity index (χ1) is 4.66. The van der Waals surface area contributed by atoms with E-state index in [0.717, 1.165) is 5.71 Å². The van der Waals surface area contributed by atoms with Gasteiger partial charge in [-0.25, -0.2) is 0 Å². The summed E-state index contributed by atoms with van der Waals surface area (Å²) in [5, 5.41) is 7.62. The number of nitrogens with zero attached hydrogens (tertiary/aromatic N) is 2. The van der Waals surface area contributed by atoms with Crippen LogP contribution in [0.1, 0.15) is 27.7 Å². The van der Waals surface area contributed by atoms with Crippen LogP contribution in [-0.2, 0) is 4.74 Å². The fourth-order valence-electron chi connectivity index (χ4n) is 0.408. The van der Waals surface area contributed by atoms with Gasteiger partial charge in [-0.1, -0.05) is 0 Å². The average molecular weight is 142 g/mol. The topological polar surface area (TPSA) is 34.0 Å². The minimum Gasteiger partial charge on any atom is -0.480 e. The summed E-state index contributed by atoms with van der Waals surface area (Å²) in [5.74, 6) is 0.615. The van der Waals surface area contributed by atoms with Crippen molar-refractivity contribution in [3.63, 3.8) is 0 Å². The lowest BCUT2D eigenvalue weighted by Crippen LogP contribution is -1.97. The molecule has 0 unspecified atom stereocenters. The zero-order valence-corrected chi connectivity index (χ0v) is 7.01. The van der Waals surface area contributed by atoms with Crippen molar-refractivity contribution in [3.05, 3.63) is 0 Å². The summed E-state index contributed by atoms with van der Waals surface area (Å²) in [6.07, 6.45) is 0. The van der Waals surface area contributed by atoms with Crippen LogP contribution in [0.3, 0.4) is 0 Å². The molecule has 0 bridgehead atoms. The predicted molar refractivity (Wildman–Crippen MR) is 43.5 cm³/mol. The highest BCUT2D eigenvalue weighted by molar-refractivity contribution is 5.80. The predicted octanol–water partition coefficient (Wildman–Crippen LogP) is 1.84. The summed E-state index contributed by atoms with van der Waals surface area (Å²) in [6.45, 7) is 8.14. The van der Waals surface area contributed by atoms with Crippen LogP contribution in [0.15, 0.2) is 10.2 Å². The maximum Gasteiger partial charge on any atom is 0.205 e. The van der Waals surface area contributed by atoms with E-state index in [9.17, 15) is 0 Å². The molecule has 0 aliphatic carbocycles. The lowest BCUT2D eigenvalue weighted by Gasteiger charge is -1.96. The molecule has 0 rings (SSSR count). The van der Waals surface area contributed by atoms with Crippen LogP contribution in [0.4, 0.5) is 0 Å². The van der Waals surface area contributed by atoms with Crippen molar-refractivity contribution in [3.8, 4) is 0 Å². The van der Waals surface area contributed by atoms with Gasteiger partial charge in [0.15, 0.2) is 0 Å². The molecule has 0 aliphatic heterocycles. The Morgan fingerprint density at radius 2 is 1.80 bits per heavy atom. The van der Waals surface area contributed by atoms with Gasteiger partial charge >= 0.3 is 0 Å². The van der Waals surface area contributed by atoms with Gasteiger partial charge in [0.2, 0.25) is 5.90 Å². The molecule has 0 fully saturated rings. The Balaban J connectivity index is 3.79. The van der Waals surface area contributed by atoms with Crippen molar-refractivity contribution in [2.45, 2.75) is 27.7 Å². The summed E-state index contributed by atoms with van der Waals surface area (Å²) < 4.78 is 5.04. The molecular formula is C7H14N2O. The molecule has 0 radical (unpaired) electrons. The van der Waals surface area contributed by atoms with Gasteiger partial charge in [-0.2, -0.15) is 5.10 Å². The number of hydrogen-bond donors (Lipinski definition) is 0. The van der Waals surface area contributed by atoms with E-state index in [0.29, 0.717) is 12.5 Å². The lowest BCUT2D eigenvalue weighted by molar-refractivity contribution is 0.323. The van der Waals surface area contributed by atoms with E-state index in [2.05, 4.69) is 10.2 Å². The second-order valence-corrected chi connectivity index (χ2v) is 2.10. The van der Waals surface area contributed by atoms with Gasteiger partial charge in [0.1, 0.15) is 0 Å². The molecule has 0 spiro atoms. The number of hydrogen-bond acceptors (Lipinski definition) is 3. The Kier molecular flexibility index (Phi) is 4.54. The molecule has 0 heterocycles. The first kappa shape index (κ1) is 9.14. The second kappa shape index (κ2) is 4.97. The minimum absolute atomic E-state index is 0.615. The van der Waals surface area contributed by atoms with Crippen molar-refractivity contribution >= 4 is 11.6 Å². The van der Waals surface area contributed by atoms with Crippen molar-refractivity contribution in [1.29, 1.82) is 0 Å². The third-order valence-electron chi connectivity index (χ3n) is 0.744.